The van der Waals surface area contributed by atoms with E-state index in [1.165, 1.54) is 10.6 Å². The molecule has 21 heavy (non-hydrogen) atoms. The predicted octanol–water partition coefficient (Wildman–Crippen LogP) is -1.19. The van der Waals surface area contributed by atoms with E-state index < -0.39 is 10.0 Å². The van der Waals surface area contributed by atoms with Gasteiger partial charge in [-0.3, -0.25) is 4.79 Å². The van der Waals surface area contributed by atoms with Crippen LogP contribution < -0.4 is 5.32 Å². The van der Waals surface area contributed by atoms with Crippen LogP contribution in [0.2, 0.25) is 0 Å². The highest BCUT2D eigenvalue weighted by Crippen LogP contribution is 2.07. The zero-order valence-electron chi connectivity index (χ0n) is 12.5. The van der Waals surface area contributed by atoms with Crippen molar-refractivity contribution in [1.29, 1.82) is 0 Å². The van der Waals surface area contributed by atoms with Crippen molar-refractivity contribution >= 4 is 28.3 Å². The van der Waals surface area contributed by atoms with Gasteiger partial charge in [-0.05, 0) is 0 Å². The Hall–Kier alpha value is -0.410. The largest absolute Gasteiger partial charge is 0.340 e. The molecule has 1 N–H and O–H groups in total. The Morgan fingerprint density at radius 2 is 1.62 bits per heavy atom. The molecule has 2 saturated heterocycles. The molecule has 124 valence electrons. The lowest BCUT2D eigenvalue weighted by Gasteiger charge is -2.34. The number of carbonyl (C=O) groups excluding carboxylic acids is 1. The molecule has 0 atom stereocenters. The fraction of sp³-hybridized carbons (Fsp3) is 0.917. The third-order valence-electron chi connectivity index (χ3n) is 3.91. The van der Waals surface area contributed by atoms with E-state index >= 15 is 0 Å². The normalized spacial score (nSPS) is 21.9. The monoisotopic (exact) mass is 340 g/mol. The van der Waals surface area contributed by atoms with E-state index in [-0.39, 0.29) is 18.3 Å². The SMILES string of the molecule is CS(=O)(=O)N1CCN(CCC(=O)N2CCNCC2)CC1.Cl. The maximum atomic E-state index is 12.0. The summed E-state index contributed by atoms with van der Waals surface area (Å²) in [6, 6.07) is 0. The van der Waals surface area contributed by atoms with Crippen LogP contribution in [0.25, 0.3) is 0 Å². The molecule has 2 heterocycles. The maximum absolute atomic E-state index is 12.0. The molecule has 0 radical (unpaired) electrons. The number of rotatable bonds is 4. The van der Waals surface area contributed by atoms with Gasteiger partial charge < -0.3 is 15.1 Å². The first-order valence-electron chi connectivity index (χ1n) is 7.13. The molecule has 0 bridgehead atoms. The molecule has 0 aromatic rings. The number of halogens is 1. The first-order valence-corrected chi connectivity index (χ1v) is 8.97. The number of piperazine rings is 2. The quantitative estimate of drug-likeness (QED) is 0.696. The Balaban J connectivity index is 0.00000220. The van der Waals surface area contributed by atoms with E-state index in [1.54, 1.807) is 0 Å². The summed E-state index contributed by atoms with van der Waals surface area (Å²) in [6.07, 6.45) is 1.77. The number of hydrogen-bond acceptors (Lipinski definition) is 5. The van der Waals surface area contributed by atoms with Gasteiger partial charge in [-0.2, -0.15) is 4.31 Å². The first-order chi connectivity index (χ1) is 9.47. The molecule has 0 aromatic carbocycles. The standard InChI is InChI=1S/C12H24N4O3S.ClH/c1-20(18,19)16-10-8-14(9-11-16)5-2-12(17)15-6-3-13-4-7-15;/h13H,2-11H2,1H3;1H. The Kier molecular flexibility index (Phi) is 7.35. The second-order valence-corrected chi connectivity index (χ2v) is 7.37. The van der Waals surface area contributed by atoms with E-state index in [4.69, 9.17) is 0 Å². The van der Waals surface area contributed by atoms with Crippen LogP contribution in [0.1, 0.15) is 6.42 Å². The van der Waals surface area contributed by atoms with Gasteiger partial charge in [-0.1, -0.05) is 0 Å². The molecule has 0 spiro atoms. The van der Waals surface area contributed by atoms with Gasteiger partial charge in [0.25, 0.3) is 0 Å². The number of nitrogens with one attached hydrogen (secondary N) is 1. The Morgan fingerprint density at radius 1 is 1.05 bits per heavy atom. The number of amides is 1. The number of nitrogens with zero attached hydrogens (tertiary/aromatic N) is 3. The molecule has 2 rings (SSSR count). The molecule has 0 saturated carbocycles. The van der Waals surface area contributed by atoms with Gasteiger partial charge in [0.2, 0.25) is 15.9 Å². The summed E-state index contributed by atoms with van der Waals surface area (Å²) in [5, 5.41) is 3.23. The summed E-state index contributed by atoms with van der Waals surface area (Å²) < 4.78 is 24.3. The Morgan fingerprint density at radius 3 is 2.14 bits per heavy atom. The number of carbonyl (C=O) groups is 1. The van der Waals surface area contributed by atoms with Gasteiger partial charge in [0.05, 0.1) is 6.26 Å². The van der Waals surface area contributed by atoms with Crippen molar-refractivity contribution in [2.75, 3.05) is 65.2 Å². The molecular weight excluding hydrogens is 316 g/mol. The third-order valence-corrected chi connectivity index (χ3v) is 5.22. The highest BCUT2D eigenvalue weighted by Gasteiger charge is 2.24. The molecule has 0 aromatic heterocycles. The van der Waals surface area contributed by atoms with Gasteiger partial charge in [-0.25, -0.2) is 8.42 Å². The van der Waals surface area contributed by atoms with Gasteiger partial charge >= 0.3 is 0 Å². The second-order valence-electron chi connectivity index (χ2n) is 5.38. The summed E-state index contributed by atoms with van der Waals surface area (Å²) in [5.74, 6) is 0.206. The van der Waals surface area contributed by atoms with Crippen LogP contribution in [0, 0.1) is 0 Å². The van der Waals surface area contributed by atoms with Crippen LogP contribution in [0.15, 0.2) is 0 Å². The highest BCUT2D eigenvalue weighted by molar-refractivity contribution is 7.88. The van der Waals surface area contributed by atoms with Crippen LogP contribution >= 0.6 is 12.4 Å². The zero-order valence-corrected chi connectivity index (χ0v) is 14.1. The molecule has 2 aliphatic heterocycles. The van der Waals surface area contributed by atoms with Crippen molar-refractivity contribution in [1.82, 2.24) is 19.4 Å². The van der Waals surface area contributed by atoms with E-state index in [9.17, 15) is 13.2 Å². The molecule has 2 fully saturated rings. The Labute approximate surface area is 133 Å². The van der Waals surface area contributed by atoms with Gasteiger partial charge in [-0.15, -0.1) is 12.4 Å². The molecule has 2 aliphatic rings. The van der Waals surface area contributed by atoms with Crippen molar-refractivity contribution < 1.29 is 13.2 Å². The van der Waals surface area contributed by atoms with Crippen molar-refractivity contribution in [2.24, 2.45) is 0 Å². The lowest BCUT2D eigenvalue weighted by atomic mass is 10.2. The van der Waals surface area contributed by atoms with E-state index in [2.05, 4.69) is 10.2 Å². The van der Waals surface area contributed by atoms with Crippen molar-refractivity contribution in [2.45, 2.75) is 6.42 Å². The summed E-state index contributed by atoms with van der Waals surface area (Å²) >= 11 is 0. The lowest BCUT2D eigenvalue weighted by Crippen LogP contribution is -2.50. The molecular formula is C12H25ClN4O3S. The van der Waals surface area contributed by atoms with Gasteiger partial charge in [0.1, 0.15) is 0 Å². The smallest absolute Gasteiger partial charge is 0.223 e. The average molecular weight is 341 g/mol. The van der Waals surface area contributed by atoms with Crippen molar-refractivity contribution in [3.63, 3.8) is 0 Å². The first kappa shape index (κ1) is 18.6. The molecule has 0 unspecified atom stereocenters. The minimum atomic E-state index is -3.07. The molecule has 0 aliphatic carbocycles. The fourth-order valence-corrected chi connectivity index (χ4v) is 3.44. The summed E-state index contributed by atoms with van der Waals surface area (Å²) in [6.45, 7) is 6.53. The minimum absolute atomic E-state index is 0. The highest BCUT2D eigenvalue weighted by atomic mass is 35.5. The number of sulfonamides is 1. The van der Waals surface area contributed by atoms with Crippen molar-refractivity contribution in [3.8, 4) is 0 Å². The number of hydrogen-bond donors (Lipinski definition) is 1. The third kappa shape index (κ3) is 5.71. The van der Waals surface area contributed by atoms with E-state index in [0.29, 0.717) is 32.6 Å². The molecule has 7 nitrogen and oxygen atoms in total. The lowest BCUT2D eigenvalue weighted by molar-refractivity contribution is -0.132. The van der Waals surface area contributed by atoms with E-state index in [0.717, 1.165) is 32.7 Å². The van der Waals surface area contributed by atoms with Gasteiger partial charge in [0.15, 0.2) is 0 Å². The van der Waals surface area contributed by atoms with Crippen LogP contribution in [0.5, 0.6) is 0 Å². The summed E-state index contributed by atoms with van der Waals surface area (Å²) in [4.78, 5) is 16.1. The second kappa shape index (κ2) is 8.28. The topological polar surface area (TPSA) is 73.0 Å². The average Bonchev–Trinajstić information content (AvgIpc) is 2.45. The molecule has 1 amide bonds. The zero-order chi connectivity index (χ0) is 14.6. The fourth-order valence-electron chi connectivity index (χ4n) is 2.61. The van der Waals surface area contributed by atoms with Gasteiger partial charge in [0, 0.05) is 65.3 Å². The van der Waals surface area contributed by atoms with Crippen molar-refractivity contribution in [3.05, 3.63) is 0 Å². The molecule has 9 heteroatoms. The summed E-state index contributed by atoms with van der Waals surface area (Å²) in [5.41, 5.74) is 0. The van der Waals surface area contributed by atoms with Crippen LogP contribution in [-0.4, -0.2) is 93.6 Å². The Bertz CT molecular complexity index is 432. The van der Waals surface area contributed by atoms with Crippen LogP contribution in [-0.2, 0) is 14.8 Å². The minimum Gasteiger partial charge on any atom is -0.340 e. The maximum Gasteiger partial charge on any atom is 0.223 e. The van der Waals surface area contributed by atoms with Crippen LogP contribution in [0.4, 0.5) is 0 Å². The van der Waals surface area contributed by atoms with E-state index in [1.807, 2.05) is 4.90 Å². The summed E-state index contributed by atoms with van der Waals surface area (Å²) in [7, 11) is -3.07. The predicted molar refractivity (Wildman–Crippen MR) is 84.2 cm³/mol. The van der Waals surface area contributed by atoms with Crippen LogP contribution in [0.3, 0.4) is 0 Å².